The van der Waals surface area contributed by atoms with Crippen LogP contribution < -0.4 is 10.2 Å². The predicted octanol–water partition coefficient (Wildman–Crippen LogP) is 0.872. The molecule has 1 aromatic carbocycles. The molecule has 1 amide bonds. The maximum absolute atomic E-state index is 12.5. The molecule has 1 saturated heterocycles. The van der Waals surface area contributed by atoms with Gasteiger partial charge in [-0.15, -0.1) is 0 Å². The average molecular weight is 419 g/mol. The number of nitro benzene ring substituents is 1. The van der Waals surface area contributed by atoms with Crippen molar-refractivity contribution in [2.24, 2.45) is 0 Å². The lowest BCUT2D eigenvalue weighted by Gasteiger charge is -2.34. The van der Waals surface area contributed by atoms with Gasteiger partial charge >= 0.3 is 0 Å². The number of amides is 1. The fourth-order valence-electron chi connectivity index (χ4n) is 3.00. The first-order chi connectivity index (χ1) is 13.9. The van der Waals surface area contributed by atoms with Crippen LogP contribution in [0.4, 0.5) is 11.5 Å². The first-order valence-corrected chi connectivity index (χ1v) is 10.6. The second-order valence-corrected chi connectivity index (χ2v) is 8.54. The lowest BCUT2D eigenvalue weighted by Crippen LogP contribution is -2.50. The lowest BCUT2D eigenvalue weighted by molar-refractivity contribution is -0.384. The summed E-state index contributed by atoms with van der Waals surface area (Å²) in [7, 11) is -3.50. The summed E-state index contributed by atoms with van der Waals surface area (Å²) in [6, 6.07) is 10.7. The van der Waals surface area contributed by atoms with E-state index in [9.17, 15) is 23.3 Å². The third-order valence-corrected chi connectivity index (χ3v) is 6.46. The second kappa shape index (κ2) is 8.97. The van der Waals surface area contributed by atoms with Crippen molar-refractivity contribution in [3.05, 3.63) is 64.3 Å². The van der Waals surface area contributed by atoms with Crippen molar-refractivity contribution < 1.29 is 18.1 Å². The zero-order valence-corrected chi connectivity index (χ0v) is 16.4. The molecule has 2 heterocycles. The van der Waals surface area contributed by atoms with E-state index in [1.54, 1.807) is 6.20 Å². The van der Waals surface area contributed by atoms with Crippen LogP contribution in [-0.2, 0) is 10.0 Å². The first-order valence-electron chi connectivity index (χ1n) is 9.03. The van der Waals surface area contributed by atoms with Crippen molar-refractivity contribution in [1.29, 1.82) is 0 Å². The van der Waals surface area contributed by atoms with Gasteiger partial charge in [-0.2, -0.15) is 4.31 Å². The number of sulfonamides is 1. The fourth-order valence-corrected chi connectivity index (χ4v) is 4.33. The van der Waals surface area contributed by atoms with Gasteiger partial charge in [0.1, 0.15) is 5.82 Å². The van der Waals surface area contributed by atoms with Crippen LogP contribution in [0.15, 0.2) is 48.7 Å². The Morgan fingerprint density at radius 1 is 1.10 bits per heavy atom. The van der Waals surface area contributed by atoms with E-state index >= 15 is 0 Å². The molecule has 0 spiro atoms. The van der Waals surface area contributed by atoms with Crippen LogP contribution in [0.2, 0.25) is 0 Å². The Labute approximate surface area is 168 Å². The van der Waals surface area contributed by atoms with Crippen molar-refractivity contribution in [3.63, 3.8) is 0 Å². The Morgan fingerprint density at radius 2 is 1.79 bits per heavy atom. The van der Waals surface area contributed by atoms with E-state index in [0.29, 0.717) is 26.2 Å². The maximum atomic E-state index is 12.5. The van der Waals surface area contributed by atoms with Gasteiger partial charge in [-0.05, 0) is 24.3 Å². The summed E-state index contributed by atoms with van der Waals surface area (Å²) in [5.41, 5.74) is 0.117. The molecule has 0 aliphatic carbocycles. The Morgan fingerprint density at radius 3 is 2.38 bits per heavy atom. The fraction of sp³-hybridized carbons (Fsp3) is 0.333. The van der Waals surface area contributed by atoms with Gasteiger partial charge in [-0.1, -0.05) is 6.07 Å². The third-order valence-electron chi connectivity index (χ3n) is 4.59. The van der Waals surface area contributed by atoms with Gasteiger partial charge in [0.05, 0.1) is 10.7 Å². The van der Waals surface area contributed by atoms with E-state index in [1.165, 1.54) is 28.6 Å². The molecule has 29 heavy (non-hydrogen) atoms. The number of carbonyl (C=O) groups excluding carboxylic acids is 1. The third kappa shape index (κ3) is 5.27. The molecular weight excluding hydrogens is 398 g/mol. The van der Waals surface area contributed by atoms with Gasteiger partial charge in [0, 0.05) is 56.6 Å². The topological polar surface area (TPSA) is 126 Å². The Hall–Kier alpha value is -3.05. The molecule has 0 atom stereocenters. The number of pyridine rings is 1. The highest BCUT2D eigenvalue weighted by Crippen LogP contribution is 2.15. The Balaban J connectivity index is 1.47. The minimum Gasteiger partial charge on any atom is -0.354 e. The van der Waals surface area contributed by atoms with Gasteiger partial charge in [-0.25, -0.2) is 13.4 Å². The summed E-state index contributed by atoms with van der Waals surface area (Å²) in [6.45, 7) is 1.76. The number of aromatic nitrogens is 1. The van der Waals surface area contributed by atoms with Crippen molar-refractivity contribution >= 4 is 27.4 Å². The first kappa shape index (κ1) is 20.7. The summed E-state index contributed by atoms with van der Waals surface area (Å²) in [6.07, 6.45) is 1.70. The van der Waals surface area contributed by atoms with Crippen LogP contribution in [0.25, 0.3) is 0 Å². The van der Waals surface area contributed by atoms with E-state index < -0.39 is 20.9 Å². The predicted molar refractivity (Wildman–Crippen MR) is 107 cm³/mol. The number of carbonyl (C=O) groups is 1. The van der Waals surface area contributed by atoms with Crippen LogP contribution in [0.5, 0.6) is 0 Å². The van der Waals surface area contributed by atoms with Crippen molar-refractivity contribution in [1.82, 2.24) is 14.6 Å². The average Bonchev–Trinajstić information content (AvgIpc) is 2.74. The van der Waals surface area contributed by atoms with Crippen LogP contribution >= 0.6 is 0 Å². The maximum Gasteiger partial charge on any atom is 0.269 e. The van der Waals surface area contributed by atoms with Crippen molar-refractivity contribution in [2.45, 2.75) is 0 Å². The normalized spacial score (nSPS) is 15.1. The molecule has 0 unspecified atom stereocenters. The summed E-state index contributed by atoms with van der Waals surface area (Å²) in [4.78, 5) is 28.5. The molecule has 1 aliphatic rings. The molecule has 11 heteroatoms. The molecule has 1 N–H and O–H groups in total. The molecule has 154 valence electrons. The van der Waals surface area contributed by atoms with Gasteiger partial charge < -0.3 is 10.2 Å². The van der Waals surface area contributed by atoms with Gasteiger partial charge in [0.25, 0.3) is 11.6 Å². The number of rotatable bonds is 7. The molecule has 0 radical (unpaired) electrons. The molecule has 0 saturated carbocycles. The van der Waals surface area contributed by atoms with Crippen molar-refractivity contribution in [2.75, 3.05) is 43.4 Å². The minimum absolute atomic E-state index is 0.0430. The molecule has 3 rings (SSSR count). The summed E-state index contributed by atoms with van der Waals surface area (Å²) >= 11 is 0. The minimum atomic E-state index is -3.50. The summed E-state index contributed by atoms with van der Waals surface area (Å²) in [5, 5.41) is 13.2. The highest BCUT2D eigenvalue weighted by atomic mass is 32.2. The zero-order chi connectivity index (χ0) is 20.9. The number of hydrogen-bond donors (Lipinski definition) is 1. The Bertz CT molecular complexity index is 958. The standard InChI is InChI=1S/C18H21N5O5S/c24-18(15-4-6-16(7-5-15)23(25)26)20-9-14-29(27,28)22-12-10-21(11-13-22)17-3-1-2-8-19-17/h1-8H,9-14H2,(H,20,24). The van der Waals surface area contributed by atoms with Gasteiger partial charge in [0.2, 0.25) is 10.0 Å². The zero-order valence-electron chi connectivity index (χ0n) is 15.6. The van der Waals surface area contributed by atoms with E-state index in [1.807, 2.05) is 23.1 Å². The number of piperazine rings is 1. The molecular formula is C18H21N5O5S. The molecule has 1 aromatic heterocycles. The van der Waals surface area contributed by atoms with E-state index in [-0.39, 0.29) is 23.5 Å². The van der Waals surface area contributed by atoms with Crippen LogP contribution in [-0.4, -0.2) is 67.0 Å². The van der Waals surface area contributed by atoms with E-state index in [4.69, 9.17) is 0 Å². The largest absolute Gasteiger partial charge is 0.354 e. The van der Waals surface area contributed by atoms with E-state index in [2.05, 4.69) is 10.3 Å². The quantitative estimate of drug-likeness (QED) is 0.521. The van der Waals surface area contributed by atoms with Gasteiger partial charge in [-0.3, -0.25) is 14.9 Å². The smallest absolute Gasteiger partial charge is 0.269 e. The molecule has 1 fully saturated rings. The van der Waals surface area contributed by atoms with Crippen LogP contribution in [0.3, 0.4) is 0 Å². The Kier molecular flexibility index (Phi) is 6.39. The number of hydrogen-bond acceptors (Lipinski definition) is 7. The highest BCUT2D eigenvalue weighted by molar-refractivity contribution is 7.89. The summed E-state index contributed by atoms with van der Waals surface area (Å²) < 4.78 is 26.5. The summed E-state index contributed by atoms with van der Waals surface area (Å²) in [5.74, 6) is 0.130. The number of nitro groups is 1. The second-order valence-electron chi connectivity index (χ2n) is 6.45. The number of non-ortho nitro benzene ring substituents is 1. The number of nitrogens with zero attached hydrogens (tertiary/aromatic N) is 4. The molecule has 0 bridgehead atoms. The van der Waals surface area contributed by atoms with Gasteiger partial charge in [0.15, 0.2) is 0 Å². The lowest BCUT2D eigenvalue weighted by atomic mass is 10.2. The van der Waals surface area contributed by atoms with E-state index in [0.717, 1.165) is 5.82 Å². The number of anilines is 1. The molecule has 1 aliphatic heterocycles. The van der Waals surface area contributed by atoms with Crippen LogP contribution in [0.1, 0.15) is 10.4 Å². The molecule has 2 aromatic rings. The molecule has 10 nitrogen and oxygen atoms in total. The van der Waals surface area contributed by atoms with Crippen molar-refractivity contribution in [3.8, 4) is 0 Å². The number of benzene rings is 1. The monoisotopic (exact) mass is 419 g/mol. The SMILES string of the molecule is O=C(NCCS(=O)(=O)N1CCN(c2ccccn2)CC1)c1ccc([N+](=O)[O-])cc1. The van der Waals surface area contributed by atoms with Crippen LogP contribution in [0, 0.1) is 10.1 Å². The highest BCUT2D eigenvalue weighted by Gasteiger charge is 2.27. The number of nitrogens with one attached hydrogen (secondary N) is 1.